The van der Waals surface area contributed by atoms with E-state index in [0.717, 1.165) is 12.5 Å². The van der Waals surface area contributed by atoms with Crippen LogP contribution in [-0.4, -0.2) is 16.6 Å². The third-order valence-electron chi connectivity index (χ3n) is 3.83. The minimum absolute atomic E-state index is 0.525. The van der Waals surface area contributed by atoms with Crippen LogP contribution in [0.1, 0.15) is 35.6 Å². The first-order chi connectivity index (χ1) is 9.26. The quantitative estimate of drug-likeness (QED) is 0.890. The lowest BCUT2D eigenvalue weighted by atomic mass is 10.1. The minimum Gasteiger partial charge on any atom is -0.350 e. The number of aryl methyl sites for hydroxylation is 1. The monoisotopic (exact) mass is 255 g/mol. The summed E-state index contributed by atoms with van der Waals surface area (Å²) in [6.45, 7) is 2.98. The van der Waals surface area contributed by atoms with Gasteiger partial charge in [0.15, 0.2) is 0 Å². The molecule has 0 aliphatic heterocycles. The van der Waals surface area contributed by atoms with Gasteiger partial charge < -0.3 is 9.88 Å². The Morgan fingerprint density at radius 2 is 2.26 bits per heavy atom. The van der Waals surface area contributed by atoms with Crippen LogP contribution in [0.2, 0.25) is 0 Å². The number of nitrogens with zero attached hydrogens (tertiary/aromatic N) is 2. The van der Waals surface area contributed by atoms with Gasteiger partial charge in [-0.1, -0.05) is 6.07 Å². The van der Waals surface area contributed by atoms with Crippen LogP contribution in [0.3, 0.4) is 0 Å². The van der Waals surface area contributed by atoms with E-state index in [1.807, 2.05) is 12.4 Å². The van der Waals surface area contributed by atoms with Crippen LogP contribution in [0.4, 0.5) is 0 Å². The summed E-state index contributed by atoms with van der Waals surface area (Å²) >= 11 is 0. The summed E-state index contributed by atoms with van der Waals surface area (Å²) in [5.41, 5.74) is 3.89. The predicted octanol–water partition coefficient (Wildman–Crippen LogP) is 2.91. The van der Waals surface area contributed by atoms with Gasteiger partial charge in [0.1, 0.15) is 0 Å². The molecule has 3 nitrogen and oxygen atoms in total. The van der Waals surface area contributed by atoms with E-state index < -0.39 is 0 Å². The molecule has 1 fully saturated rings. The van der Waals surface area contributed by atoms with E-state index in [9.17, 15) is 0 Å². The molecule has 0 radical (unpaired) electrons. The van der Waals surface area contributed by atoms with Gasteiger partial charge in [-0.15, -0.1) is 0 Å². The Kier molecular flexibility index (Phi) is 3.38. The topological polar surface area (TPSA) is 29.9 Å². The third-order valence-corrected chi connectivity index (χ3v) is 3.83. The second-order valence-electron chi connectivity index (χ2n) is 5.59. The minimum atomic E-state index is 0.525. The lowest BCUT2D eigenvalue weighted by Gasteiger charge is -2.13. The Morgan fingerprint density at radius 1 is 1.42 bits per heavy atom. The highest BCUT2D eigenvalue weighted by atomic mass is 15.0. The molecule has 1 saturated carbocycles. The van der Waals surface area contributed by atoms with Crippen molar-refractivity contribution in [1.82, 2.24) is 14.9 Å². The summed E-state index contributed by atoms with van der Waals surface area (Å²) in [7, 11) is 2.06. The average Bonchev–Trinajstić information content (AvgIpc) is 3.12. The molecule has 3 rings (SSSR count). The van der Waals surface area contributed by atoms with Crippen LogP contribution in [0.25, 0.3) is 0 Å². The molecule has 1 aliphatic rings. The van der Waals surface area contributed by atoms with E-state index in [1.54, 1.807) is 0 Å². The first-order valence-corrected chi connectivity index (χ1v) is 7.00. The van der Waals surface area contributed by atoms with Gasteiger partial charge in [-0.3, -0.25) is 4.98 Å². The van der Waals surface area contributed by atoms with Crippen molar-refractivity contribution in [2.75, 3.05) is 7.05 Å². The van der Waals surface area contributed by atoms with Crippen molar-refractivity contribution in [2.24, 2.45) is 5.92 Å². The Bertz CT molecular complexity index is 555. The molecule has 0 spiro atoms. The molecule has 2 heterocycles. The molecular weight excluding hydrogens is 234 g/mol. The fourth-order valence-electron chi connectivity index (χ4n) is 2.76. The molecule has 1 aliphatic carbocycles. The molecule has 3 heteroatoms. The van der Waals surface area contributed by atoms with Gasteiger partial charge in [0.25, 0.3) is 0 Å². The summed E-state index contributed by atoms with van der Waals surface area (Å²) in [6.07, 6.45) is 11.0. The summed E-state index contributed by atoms with van der Waals surface area (Å²) in [5, 5.41) is 3.44. The first kappa shape index (κ1) is 12.4. The van der Waals surface area contributed by atoms with Gasteiger partial charge in [0.2, 0.25) is 0 Å². The number of nitrogens with one attached hydrogen (secondary N) is 1. The van der Waals surface area contributed by atoms with E-state index in [1.165, 1.54) is 29.5 Å². The number of pyridine rings is 1. The molecule has 2 aromatic heterocycles. The molecule has 0 amide bonds. The van der Waals surface area contributed by atoms with Crippen LogP contribution >= 0.6 is 0 Å². The number of rotatable bonds is 5. The van der Waals surface area contributed by atoms with Crippen molar-refractivity contribution in [3.8, 4) is 0 Å². The van der Waals surface area contributed by atoms with Gasteiger partial charge in [-0.25, -0.2) is 0 Å². The molecule has 19 heavy (non-hydrogen) atoms. The lowest BCUT2D eigenvalue weighted by molar-refractivity contribution is 0.528. The van der Waals surface area contributed by atoms with Gasteiger partial charge in [-0.05, 0) is 55.5 Å². The molecular formula is C16H21N3. The van der Waals surface area contributed by atoms with E-state index in [0.29, 0.717) is 6.04 Å². The molecule has 0 bridgehead atoms. The van der Waals surface area contributed by atoms with E-state index >= 15 is 0 Å². The van der Waals surface area contributed by atoms with Crippen LogP contribution in [0, 0.1) is 12.8 Å². The summed E-state index contributed by atoms with van der Waals surface area (Å²) in [5.74, 6) is 0.835. The van der Waals surface area contributed by atoms with Crippen molar-refractivity contribution in [2.45, 2.75) is 32.4 Å². The van der Waals surface area contributed by atoms with E-state index in [2.05, 4.69) is 53.4 Å². The Balaban J connectivity index is 1.74. The Morgan fingerprint density at radius 3 is 2.95 bits per heavy atom. The maximum atomic E-state index is 4.25. The third kappa shape index (κ3) is 2.87. The van der Waals surface area contributed by atoms with Gasteiger partial charge in [0.05, 0.1) is 0 Å². The molecule has 1 atom stereocenters. The fraction of sp³-hybridized carbons (Fsp3) is 0.438. The Hall–Kier alpha value is -1.61. The standard InChI is InChI=1S/C16H21N3/c1-12-7-13(9-18-8-12)10-19-6-5-15(11-19)16(17-2)14-3-4-14/h5-9,11,14,16-17H,3-4,10H2,1-2H3. The predicted molar refractivity (Wildman–Crippen MR) is 77.0 cm³/mol. The van der Waals surface area contributed by atoms with Crippen LogP contribution < -0.4 is 5.32 Å². The number of aromatic nitrogens is 2. The molecule has 0 aromatic carbocycles. The zero-order chi connectivity index (χ0) is 13.2. The smallest absolute Gasteiger partial charge is 0.0485 e. The second-order valence-corrected chi connectivity index (χ2v) is 5.59. The van der Waals surface area contributed by atoms with Gasteiger partial charge in [0, 0.05) is 37.4 Å². The maximum absolute atomic E-state index is 4.25. The van der Waals surface area contributed by atoms with Crippen molar-refractivity contribution >= 4 is 0 Å². The second kappa shape index (κ2) is 5.17. The summed E-state index contributed by atoms with van der Waals surface area (Å²) in [6, 6.07) is 4.96. The molecule has 2 aromatic rings. The molecule has 0 saturated heterocycles. The molecule has 100 valence electrons. The lowest BCUT2D eigenvalue weighted by Crippen LogP contribution is -2.17. The van der Waals surface area contributed by atoms with Crippen LogP contribution in [-0.2, 0) is 6.54 Å². The highest BCUT2D eigenvalue weighted by molar-refractivity contribution is 5.21. The van der Waals surface area contributed by atoms with Crippen LogP contribution in [0.15, 0.2) is 36.9 Å². The number of hydrogen-bond donors (Lipinski definition) is 1. The highest BCUT2D eigenvalue weighted by Gasteiger charge is 2.31. The maximum Gasteiger partial charge on any atom is 0.0485 e. The fourth-order valence-corrected chi connectivity index (χ4v) is 2.76. The zero-order valence-electron chi connectivity index (χ0n) is 11.6. The summed E-state index contributed by atoms with van der Waals surface area (Å²) < 4.78 is 2.25. The Labute approximate surface area is 114 Å². The zero-order valence-corrected chi connectivity index (χ0v) is 11.6. The number of hydrogen-bond acceptors (Lipinski definition) is 2. The molecule has 1 N–H and O–H groups in total. The van der Waals surface area contributed by atoms with Gasteiger partial charge >= 0.3 is 0 Å². The largest absolute Gasteiger partial charge is 0.350 e. The van der Waals surface area contributed by atoms with Crippen molar-refractivity contribution in [3.63, 3.8) is 0 Å². The van der Waals surface area contributed by atoms with Crippen molar-refractivity contribution < 1.29 is 0 Å². The van der Waals surface area contributed by atoms with Crippen molar-refractivity contribution in [1.29, 1.82) is 0 Å². The van der Waals surface area contributed by atoms with Crippen molar-refractivity contribution in [3.05, 3.63) is 53.6 Å². The van der Waals surface area contributed by atoms with E-state index in [-0.39, 0.29) is 0 Å². The first-order valence-electron chi connectivity index (χ1n) is 7.00. The highest BCUT2D eigenvalue weighted by Crippen LogP contribution is 2.40. The molecule has 1 unspecified atom stereocenters. The average molecular weight is 255 g/mol. The SMILES string of the molecule is CNC(c1ccn(Cc2cncc(C)c2)c1)C1CC1. The summed E-state index contributed by atoms with van der Waals surface area (Å²) in [4.78, 5) is 4.25. The van der Waals surface area contributed by atoms with Crippen LogP contribution in [0.5, 0.6) is 0 Å². The normalized spacial score (nSPS) is 16.5. The van der Waals surface area contributed by atoms with E-state index in [4.69, 9.17) is 0 Å². The van der Waals surface area contributed by atoms with Gasteiger partial charge in [-0.2, -0.15) is 0 Å².